The zero-order valence-corrected chi connectivity index (χ0v) is 101. The van der Waals surface area contributed by atoms with Crippen LogP contribution in [0.1, 0.15) is 538 Å². The van der Waals surface area contributed by atoms with E-state index >= 15 is 0 Å². The van der Waals surface area contributed by atoms with E-state index in [1.807, 2.05) is 194 Å². The molecule has 22 rings (SSSR count). The van der Waals surface area contributed by atoms with Gasteiger partial charge in [-0.2, -0.15) is 0 Å². The summed E-state index contributed by atoms with van der Waals surface area (Å²) in [4.78, 5) is 145. The molecule has 22 heteroatoms. The first-order valence-electron chi connectivity index (χ1n) is 60.3. The van der Waals surface area contributed by atoms with Crippen LogP contribution >= 0.6 is 0 Å². The highest BCUT2D eigenvalue weighted by Crippen LogP contribution is 2.76. The molecule has 22 fully saturated rings. The Balaban J connectivity index is 0.000000157. The normalized spacial score (nSPS) is 35.4. The number of esters is 11. The molecular formula is C128H210O22. The largest absolute Gasteiger partial charge is 0.460 e. The van der Waals surface area contributed by atoms with Crippen molar-refractivity contribution in [3.05, 3.63) is 0 Å². The van der Waals surface area contributed by atoms with Gasteiger partial charge in [0, 0.05) is 28.1 Å². The van der Waals surface area contributed by atoms with Crippen LogP contribution in [-0.4, -0.2) is 127 Å². The number of rotatable bonds is 31. The summed E-state index contributed by atoms with van der Waals surface area (Å²) in [6.07, 6.45) is 43.0. The molecule has 0 N–H and O–H groups in total. The van der Waals surface area contributed by atoms with Crippen LogP contribution in [0.5, 0.6) is 0 Å². The van der Waals surface area contributed by atoms with Crippen LogP contribution in [0.4, 0.5) is 0 Å². The highest BCUT2D eigenvalue weighted by atomic mass is 16.6. The van der Waals surface area contributed by atoms with Crippen molar-refractivity contribution in [2.75, 3.05) is 0 Å². The molecule has 22 saturated carbocycles. The van der Waals surface area contributed by atoms with Gasteiger partial charge >= 0.3 is 65.7 Å². The van der Waals surface area contributed by atoms with Gasteiger partial charge in [0.15, 0.2) is 0 Å². The van der Waals surface area contributed by atoms with Crippen molar-refractivity contribution in [1.82, 2.24) is 0 Å². The molecule has 0 saturated heterocycles. The molecule has 0 spiro atoms. The molecule has 0 aromatic heterocycles. The van der Waals surface area contributed by atoms with E-state index in [2.05, 4.69) is 48.5 Å². The first-order valence-corrected chi connectivity index (χ1v) is 60.3. The fourth-order valence-corrected chi connectivity index (χ4v) is 33.5. The molecule has 12 atom stereocenters. The third-order valence-electron chi connectivity index (χ3n) is 43.4. The molecule has 150 heavy (non-hydrogen) atoms. The Morgan fingerprint density at radius 3 is 0.880 bits per heavy atom. The first kappa shape index (κ1) is 121. The smallest absolute Gasteiger partial charge is 0.312 e. The van der Waals surface area contributed by atoms with Crippen molar-refractivity contribution in [2.45, 2.75) is 599 Å². The molecule has 22 aliphatic rings. The van der Waals surface area contributed by atoms with E-state index in [-0.39, 0.29) is 111 Å². The van der Waals surface area contributed by atoms with E-state index in [0.717, 1.165) is 173 Å². The summed E-state index contributed by atoms with van der Waals surface area (Å²) in [6.45, 7) is 69.2. The average molecular weight is 2100 g/mol. The molecule has 854 valence electrons. The molecule has 12 unspecified atom stereocenters. The van der Waals surface area contributed by atoms with Gasteiger partial charge < -0.3 is 52.1 Å². The summed E-state index contributed by atoms with van der Waals surface area (Å²) in [5, 5.41) is 0. The van der Waals surface area contributed by atoms with Gasteiger partial charge in [-0.15, -0.1) is 0 Å². The number of carbonyl (C=O) groups is 11. The summed E-state index contributed by atoms with van der Waals surface area (Å²) in [5.41, 5.74) is -11.2. The van der Waals surface area contributed by atoms with E-state index < -0.39 is 99.1 Å². The Morgan fingerprint density at radius 1 is 0.253 bits per heavy atom. The lowest BCUT2D eigenvalue weighted by Gasteiger charge is -2.67. The Hall–Kier alpha value is -5.83. The molecule has 0 aromatic rings. The van der Waals surface area contributed by atoms with Crippen molar-refractivity contribution in [3.8, 4) is 0 Å². The second-order valence-electron chi connectivity index (χ2n) is 62.2. The Labute approximate surface area is 906 Å². The molecule has 0 aromatic carbocycles. The fourth-order valence-electron chi connectivity index (χ4n) is 33.5. The summed E-state index contributed by atoms with van der Waals surface area (Å²) >= 11 is 0. The zero-order chi connectivity index (χ0) is 112. The Morgan fingerprint density at radius 2 is 0.547 bits per heavy atom. The van der Waals surface area contributed by atoms with Crippen LogP contribution in [-0.2, 0) is 105 Å². The maximum Gasteiger partial charge on any atom is 0.312 e. The van der Waals surface area contributed by atoms with Crippen LogP contribution in [0.25, 0.3) is 0 Å². The molecule has 0 heterocycles. The first-order chi connectivity index (χ1) is 68.8. The third kappa shape index (κ3) is 25.2. The standard InChI is InChI=1S/C29H48O6.C28H46O4.C25H42O4.C24H38O4.C22H36O4/c1-12-25(8,9)20(30)35-26(10,11)29-15-19-13-27(17-29,21(31)33-23(2,3)4)16-28(14-19,18-29)22(32)34-24(5,6)7;1-7-24(3,4)22(29)31-25(5,6)27-17-20-14-21(18-27)16-26(15-20,19-27)23(30)32-28(8-2)12-10-9-11-13-28;1-9-21(3,4)19(26)29-23(7,8)25-14-17-11-18(15-25)13-24(12-17,16-25)20(27)28-22(5,6)10-2;1-5-22(2,3)21(26)28-24-14-16-10-17(15-24)12-18(11-16)19(24)13-20(25)27-23(4)8-6-7-9-23;1-7-21(5,6)19(24)26-22-12-14-8-15(13-22)10-16(9-14)17(22)11-18(23)25-20(2,3)4/h19H,12-18H2,1-11H3;20-21H,7-19H2,1-6H3;17-18H,9-16H2,1-8H3;16-19H,5-15H2,1-4H3;14-17H,7-13H2,1-6H3. The average Bonchev–Trinajstić information content (AvgIpc) is 0.693. The van der Waals surface area contributed by atoms with Gasteiger partial charge in [0.1, 0.15) is 61.6 Å². The van der Waals surface area contributed by atoms with Gasteiger partial charge in [-0.25, -0.2) is 0 Å². The van der Waals surface area contributed by atoms with Gasteiger partial charge in [0.25, 0.3) is 0 Å². The quantitative estimate of drug-likeness (QED) is 0.0460. The van der Waals surface area contributed by atoms with E-state index in [0.29, 0.717) is 111 Å². The second-order valence-corrected chi connectivity index (χ2v) is 62.2. The number of hydrogen-bond acceptors (Lipinski definition) is 22. The summed E-state index contributed by atoms with van der Waals surface area (Å²) in [5.74, 6) is 4.90. The molecule has 0 radical (unpaired) electrons. The Bertz CT molecular complexity index is 4790. The highest BCUT2D eigenvalue weighted by molar-refractivity contribution is 5.85. The molecule has 0 amide bonds. The maximum atomic E-state index is 13.9. The fraction of sp³-hybridized carbons (Fsp3) is 0.914. The van der Waals surface area contributed by atoms with Crippen LogP contribution in [0, 0.1) is 142 Å². The van der Waals surface area contributed by atoms with E-state index in [9.17, 15) is 52.7 Å². The lowest BCUT2D eigenvalue weighted by atomic mass is 9.37. The Kier molecular flexibility index (Phi) is 34.3. The minimum absolute atomic E-state index is 0.0150. The third-order valence-corrected chi connectivity index (χ3v) is 43.4. The van der Waals surface area contributed by atoms with Crippen LogP contribution in [0.2, 0.25) is 0 Å². The topological polar surface area (TPSA) is 289 Å². The van der Waals surface area contributed by atoms with Crippen molar-refractivity contribution in [2.24, 2.45) is 142 Å². The summed E-state index contributed by atoms with van der Waals surface area (Å²) in [6, 6.07) is 0. The van der Waals surface area contributed by atoms with Crippen molar-refractivity contribution < 1.29 is 105 Å². The van der Waals surface area contributed by atoms with Crippen LogP contribution in [0.15, 0.2) is 0 Å². The molecular weight excluding hydrogens is 1890 g/mol. The monoisotopic (exact) mass is 2100 g/mol. The predicted molar refractivity (Wildman–Crippen MR) is 583 cm³/mol. The van der Waals surface area contributed by atoms with Gasteiger partial charge in [-0.05, 0) is 535 Å². The highest BCUT2D eigenvalue weighted by Gasteiger charge is 2.75. The maximum absolute atomic E-state index is 13.9. The lowest BCUT2D eigenvalue weighted by Crippen LogP contribution is -2.68. The summed E-state index contributed by atoms with van der Waals surface area (Å²) in [7, 11) is 0. The molecule has 22 nitrogen and oxygen atoms in total. The van der Waals surface area contributed by atoms with Gasteiger partial charge in [0.05, 0.1) is 61.6 Å². The minimum Gasteiger partial charge on any atom is -0.460 e. The molecule has 0 aliphatic heterocycles. The number of ether oxygens (including phenoxy) is 11. The van der Waals surface area contributed by atoms with Gasteiger partial charge in [-0.1, -0.05) is 54.9 Å². The van der Waals surface area contributed by atoms with Crippen molar-refractivity contribution in [1.29, 1.82) is 0 Å². The van der Waals surface area contributed by atoms with Crippen molar-refractivity contribution in [3.63, 3.8) is 0 Å². The van der Waals surface area contributed by atoms with Gasteiger partial charge in [0.2, 0.25) is 0 Å². The summed E-state index contributed by atoms with van der Waals surface area (Å²) < 4.78 is 67.5. The lowest BCUT2D eigenvalue weighted by molar-refractivity contribution is -0.250. The predicted octanol–water partition coefficient (Wildman–Crippen LogP) is 29.8. The second kappa shape index (κ2) is 42.4. The van der Waals surface area contributed by atoms with E-state index in [1.54, 1.807) is 0 Å². The molecule has 22 aliphatic carbocycles. The minimum atomic E-state index is -0.851. The number of hydrogen-bond donors (Lipinski definition) is 0. The van der Waals surface area contributed by atoms with Gasteiger partial charge in [-0.3, -0.25) is 52.7 Å². The number of carbonyl (C=O) groups excluding carboxylic acids is 11. The van der Waals surface area contributed by atoms with E-state index in [4.69, 9.17) is 52.1 Å². The van der Waals surface area contributed by atoms with Crippen LogP contribution < -0.4 is 0 Å². The van der Waals surface area contributed by atoms with E-state index in [1.165, 1.54) is 70.6 Å². The molecule has 20 bridgehead atoms. The van der Waals surface area contributed by atoms with Crippen LogP contribution in [0.3, 0.4) is 0 Å². The van der Waals surface area contributed by atoms with Crippen molar-refractivity contribution >= 4 is 65.7 Å². The zero-order valence-electron chi connectivity index (χ0n) is 101. The SMILES string of the molecule is CCC(C)(C)C(=O)OC(C)(C)C12CC3CC(C(=O)OC(C)(C)C)(CC(C(=O)OC(C)(C)C)(C3)C1)C2.CCC(C)(C)C(=O)OC12CC3CC(CC(C3)C1CC(=O)OC(C)(C)C)C2.CCC(C)(C)C(=O)OC12CC3CC(CC(C3)C1CC(=O)OC1(C)CCCC1)C2.CCC(C)(C)OC(=O)C12CC3CC(C1)CC(C(C)(C)OC(=O)C(C)(C)CC)(C3)C2.CCC1(OC(=O)C23CC4CC(C2)CC(C(C)(C)OC(=O)C(C)(C)CC)(C4)C3)CCCCC1.